The van der Waals surface area contributed by atoms with E-state index in [2.05, 4.69) is 5.73 Å². The average molecular weight is 1330 g/mol. The highest BCUT2D eigenvalue weighted by Gasteiger charge is 2.46. The third-order valence-corrected chi connectivity index (χ3v) is 15.1. The first-order chi connectivity index (χ1) is 45.3. The van der Waals surface area contributed by atoms with Crippen LogP contribution in [0.3, 0.4) is 0 Å². The summed E-state index contributed by atoms with van der Waals surface area (Å²) in [6.45, 7) is 18.2. The minimum Gasteiger partial charge on any atom is -0.508 e. The van der Waals surface area contributed by atoms with Crippen molar-refractivity contribution in [2.75, 3.05) is 14.2 Å². The van der Waals surface area contributed by atoms with Gasteiger partial charge in [-0.15, -0.1) is 0 Å². The van der Waals surface area contributed by atoms with Gasteiger partial charge in [0.2, 0.25) is 12.3 Å². The third-order valence-electron chi connectivity index (χ3n) is 15.1. The molecule has 0 bridgehead atoms. The molecular formula is C73H90F3N5O15. The Morgan fingerprint density at radius 1 is 0.469 bits per heavy atom. The molecule has 5 amide bonds. The lowest BCUT2D eigenvalue weighted by atomic mass is 10.0. The van der Waals surface area contributed by atoms with Gasteiger partial charge in [0.25, 0.3) is 0 Å². The third kappa shape index (κ3) is 23.0. The molecule has 3 aliphatic rings. The molecule has 3 fully saturated rings. The number of aromatic hydroxyl groups is 1. The highest BCUT2D eigenvalue weighted by atomic mass is 19.1. The fourth-order valence-corrected chi connectivity index (χ4v) is 10.7. The van der Waals surface area contributed by atoms with Crippen LogP contribution in [0, 0.1) is 17.5 Å². The largest absolute Gasteiger partial charge is 0.508 e. The zero-order valence-electron chi connectivity index (χ0n) is 56.6. The van der Waals surface area contributed by atoms with E-state index in [4.69, 9.17) is 43.7 Å². The van der Waals surface area contributed by atoms with Gasteiger partial charge in [-0.1, -0.05) is 97.9 Å². The molecule has 23 heteroatoms. The van der Waals surface area contributed by atoms with Crippen LogP contribution >= 0.6 is 0 Å². The first-order valence-electron chi connectivity index (χ1n) is 31.4. The first kappa shape index (κ1) is 76.9. The lowest BCUT2D eigenvalue weighted by Gasteiger charge is -2.31. The molecule has 0 saturated carbocycles. The summed E-state index contributed by atoms with van der Waals surface area (Å²) >= 11 is 0. The number of nitrogens with zero attached hydrogens (tertiary/aromatic N) is 3. The number of carbonyl (C=O) groups excluding carboxylic acids is 7. The first-order valence-corrected chi connectivity index (χ1v) is 31.4. The zero-order chi connectivity index (χ0) is 71.1. The van der Waals surface area contributed by atoms with Crippen LogP contribution in [0.2, 0.25) is 0 Å². The van der Waals surface area contributed by atoms with E-state index in [1.54, 1.807) is 159 Å². The Balaban J connectivity index is 0.000000241. The Morgan fingerprint density at radius 2 is 0.750 bits per heavy atom. The average Bonchev–Trinajstić information content (AvgIpc) is 1.66. The topological polar surface area (TPSA) is 266 Å². The smallest absolute Gasteiger partial charge is 0.411 e. The molecule has 6 aromatic carbocycles. The van der Waals surface area contributed by atoms with Crippen molar-refractivity contribution < 1.29 is 85.0 Å². The fraction of sp³-hybridized carbons (Fsp3) is 0.411. The molecule has 20 nitrogen and oxygen atoms in total. The van der Waals surface area contributed by atoms with Gasteiger partial charge in [0.05, 0.1) is 32.3 Å². The summed E-state index contributed by atoms with van der Waals surface area (Å²) in [4.78, 5) is 87.3. The maximum Gasteiger partial charge on any atom is 0.411 e. The van der Waals surface area contributed by atoms with Crippen LogP contribution in [-0.2, 0) is 62.5 Å². The standard InChI is InChI=1S/C24H28FNO5.C23H27FN2O4.C17H23NO5.C8H9F.CH3NO/c1-24(2,3)31-23(28)26-20(13-14-21(26)22(27)29-4)16-9-11-18(12-10-16)30-15-17-7-5-6-8-19(17)25;1-23(2,3)30-22(28)26-19(12-13-20(26)21(25)27)15-8-10-17(11-9-15)29-14-16-6-4-5-7-18(16)24;1-17(2,3)23-16(21)18-13(9-10-14(18)15(20)22-4)11-5-7-12(19)8-6-11;1-2-7-5-3-4-6-8(7)9;2-1-3/h5-12,20-21H,13-15H2,1-4H3;4-11,19-20H,12-14H2,1-3H3,(H2,25,27);5-8,13-14,19H,9-10H2,1-4H3;3-6H,2H2,1H3;1H,(H2,2,3)/t20-,21+;19-,20+;13-,14+;;/m111../s1. The van der Waals surface area contributed by atoms with Gasteiger partial charge >= 0.3 is 30.2 Å². The van der Waals surface area contributed by atoms with Crippen LogP contribution in [0.25, 0.3) is 0 Å². The van der Waals surface area contributed by atoms with E-state index < -0.39 is 71.1 Å². The number of amides is 5. The number of hydrogen-bond acceptors (Lipinski definition) is 15. The van der Waals surface area contributed by atoms with E-state index in [1.807, 2.05) is 37.3 Å². The summed E-state index contributed by atoms with van der Waals surface area (Å²) in [5.41, 5.74) is 12.0. The number of aryl methyl sites for hydroxylation is 1. The van der Waals surface area contributed by atoms with Crippen molar-refractivity contribution >= 4 is 42.5 Å². The Morgan fingerprint density at radius 3 is 1.02 bits per heavy atom. The molecule has 3 saturated heterocycles. The number of rotatable bonds is 13. The second kappa shape index (κ2) is 35.6. The van der Waals surface area contributed by atoms with E-state index in [0.717, 1.165) is 28.7 Å². The van der Waals surface area contributed by atoms with E-state index in [0.29, 0.717) is 61.2 Å². The van der Waals surface area contributed by atoms with Gasteiger partial charge in [-0.25, -0.2) is 37.1 Å². The van der Waals surface area contributed by atoms with Crippen molar-refractivity contribution in [2.45, 2.75) is 180 Å². The molecule has 0 aromatic heterocycles. The summed E-state index contributed by atoms with van der Waals surface area (Å²) in [5, 5.41) is 9.43. The van der Waals surface area contributed by atoms with Crippen molar-refractivity contribution in [3.05, 3.63) is 196 Å². The molecule has 6 atom stereocenters. The predicted molar refractivity (Wildman–Crippen MR) is 353 cm³/mol. The maximum atomic E-state index is 13.8. The van der Waals surface area contributed by atoms with Gasteiger partial charge in [0.15, 0.2) is 0 Å². The van der Waals surface area contributed by atoms with Gasteiger partial charge in [-0.3, -0.25) is 24.3 Å². The Hall–Kier alpha value is -9.80. The summed E-state index contributed by atoms with van der Waals surface area (Å²) in [7, 11) is 2.62. The van der Waals surface area contributed by atoms with Crippen LogP contribution in [0.15, 0.2) is 146 Å². The molecule has 0 aliphatic carbocycles. The number of ether oxygens (including phenoxy) is 7. The normalized spacial score (nSPS) is 18.0. The molecule has 96 heavy (non-hydrogen) atoms. The van der Waals surface area contributed by atoms with Crippen LogP contribution in [0.4, 0.5) is 27.6 Å². The zero-order valence-corrected chi connectivity index (χ0v) is 56.6. The number of carbonyl (C=O) groups is 7. The molecule has 9 rings (SSSR count). The number of phenolic OH excluding ortho intramolecular Hbond substituents is 1. The number of halogens is 3. The van der Waals surface area contributed by atoms with Crippen molar-refractivity contribution in [3.63, 3.8) is 0 Å². The van der Waals surface area contributed by atoms with Crippen molar-refractivity contribution in [2.24, 2.45) is 11.5 Å². The van der Waals surface area contributed by atoms with Crippen molar-refractivity contribution in [1.82, 2.24) is 14.7 Å². The van der Waals surface area contributed by atoms with Crippen molar-refractivity contribution in [1.29, 1.82) is 0 Å². The van der Waals surface area contributed by atoms with Crippen LogP contribution < -0.4 is 20.9 Å². The van der Waals surface area contributed by atoms with Gasteiger partial charge in [-0.2, -0.15) is 0 Å². The Labute approximate surface area is 559 Å². The number of methoxy groups -OCH3 is 2. The fourth-order valence-electron chi connectivity index (χ4n) is 10.7. The molecule has 0 spiro atoms. The highest BCUT2D eigenvalue weighted by Crippen LogP contribution is 2.41. The molecular weight excluding hydrogens is 1240 g/mol. The minimum atomic E-state index is -0.707. The summed E-state index contributed by atoms with van der Waals surface area (Å²) in [5.74, 6) is -0.866. The maximum absolute atomic E-state index is 13.8. The number of nitrogens with two attached hydrogens (primary N) is 2. The number of esters is 2. The summed E-state index contributed by atoms with van der Waals surface area (Å²) in [6.07, 6.45) is 2.68. The molecule has 6 aromatic rings. The summed E-state index contributed by atoms with van der Waals surface area (Å²) in [6, 6.07) is 37.8. The van der Waals surface area contributed by atoms with E-state index in [9.17, 15) is 47.0 Å². The molecule has 3 aliphatic heterocycles. The molecule has 0 radical (unpaired) electrons. The van der Waals surface area contributed by atoms with E-state index >= 15 is 0 Å². The molecule has 518 valence electrons. The summed E-state index contributed by atoms with van der Waals surface area (Å²) < 4.78 is 77.6. The number of hydrogen-bond donors (Lipinski definition) is 3. The quantitative estimate of drug-likeness (QED) is 0.0551. The van der Waals surface area contributed by atoms with Crippen LogP contribution in [0.5, 0.6) is 17.2 Å². The van der Waals surface area contributed by atoms with E-state index in [-0.39, 0.29) is 61.0 Å². The minimum absolute atomic E-state index is 0.0972. The number of benzene rings is 6. The second-order valence-electron chi connectivity index (χ2n) is 25.5. The van der Waals surface area contributed by atoms with Crippen LogP contribution in [0.1, 0.15) is 159 Å². The second-order valence-corrected chi connectivity index (χ2v) is 25.5. The lowest BCUT2D eigenvalue weighted by molar-refractivity contribution is -0.146. The van der Waals surface area contributed by atoms with Crippen molar-refractivity contribution in [3.8, 4) is 17.2 Å². The number of likely N-dealkylation sites (tertiary alicyclic amines) is 3. The van der Waals surface area contributed by atoms with Gasteiger partial charge in [0, 0.05) is 11.1 Å². The monoisotopic (exact) mass is 1330 g/mol. The predicted octanol–water partition coefficient (Wildman–Crippen LogP) is 13.8. The van der Waals surface area contributed by atoms with Gasteiger partial charge in [0.1, 0.15) is 82.8 Å². The van der Waals surface area contributed by atoms with Crippen LogP contribution in [-0.4, -0.2) is 111 Å². The SMILES string of the molecule is CC(C)(C)OC(=O)N1[C@@H](c2ccc(OCc3ccccc3F)cc2)CC[C@H]1C(N)=O.CCc1ccccc1F.COC(=O)[C@@H]1CC[C@H](c2ccc(O)cc2)N1C(=O)OC(C)(C)C.COC(=O)[C@@H]1CC[C@H](c2ccc(OCc3ccccc3F)cc2)N1C(=O)OC(C)(C)C.NC=O. The lowest BCUT2D eigenvalue weighted by Crippen LogP contribution is -2.46. The Bertz CT molecular complexity index is 3520. The van der Waals surface area contributed by atoms with E-state index in [1.165, 1.54) is 47.1 Å². The molecule has 5 N–H and O–H groups in total. The molecule has 3 heterocycles. The Kier molecular flexibility index (Phi) is 28.5. The highest BCUT2D eigenvalue weighted by molar-refractivity contribution is 5.86. The van der Waals surface area contributed by atoms with Gasteiger partial charge < -0.3 is 49.7 Å². The molecule has 0 unspecified atom stereocenters. The van der Waals surface area contributed by atoms with Gasteiger partial charge in [-0.05, 0) is 184 Å². The number of phenols is 1. The number of primary amides is 2.